The summed E-state index contributed by atoms with van der Waals surface area (Å²) in [7, 11) is 0. The molecule has 2 heteroatoms. The summed E-state index contributed by atoms with van der Waals surface area (Å²) in [5.74, 6) is 1.20. The Morgan fingerprint density at radius 3 is 2.80 bits per heavy atom. The molecule has 10 heavy (non-hydrogen) atoms. The Kier molecular flexibility index (Phi) is 4.63. The first-order chi connectivity index (χ1) is 4.79. The van der Waals surface area contributed by atoms with E-state index in [1.807, 2.05) is 0 Å². The molecule has 1 rings (SSSR count). The summed E-state index contributed by atoms with van der Waals surface area (Å²) in [5.41, 5.74) is 0. The Morgan fingerprint density at radius 2 is 2.30 bits per heavy atom. The van der Waals surface area contributed by atoms with Crippen LogP contribution in [0.25, 0.3) is 0 Å². The van der Waals surface area contributed by atoms with Crippen molar-refractivity contribution in [3.05, 3.63) is 0 Å². The van der Waals surface area contributed by atoms with Gasteiger partial charge in [-0.2, -0.15) is 0 Å². The predicted molar refractivity (Wildman–Crippen MR) is 42.3 cm³/mol. The molecule has 1 atom stereocenters. The van der Waals surface area contributed by atoms with Crippen LogP contribution in [0.5, 0.6) is 0 Å². The van der Waals surface area contributed by atoms with Gasteiger partial charge in [0.25, 0.3) is 0 Å². The Morgan fingerprint density at radius 1 is 1.60 bits per heavy atom. The minimum absolute atomic E-state index is 0.364. The first kappa shape index (κ1) is 9.31. The minimum atomic E-state index is -0.364. The van der Waals surface area contributed by atoms with E-state index in [1.165, 1.54) is 12.3 Å². The second-order valence-corrected chi connectivity index (χ2v) is 12.0. The number of hydrogen-bond donors (Lipinski definition) is 0. The molecule has 0 bridgehead atoms. The van der Waals surface area contributed by atoms with Crippen molar-refractivity contribution in [1.82, 2.24) is 0 Å². The van der Waals surface area contributed by atoms with Crippen LogP contribution >= 0.6 is 11.6 Å². The molecule has 1 aliphatic carbocycles. The van der Waals surface area contributed by atoms with Gasteiger partial charge in [-0.3, -0.25) is 0 Å². The maximum atomic E-state index is 5.84. The quantitative estimate of drug-likeness (QED) is 0.407. The van der Waals surface area contributed by atoms with Crippen LogP contribution in [-0.2, 0) is 24.6 Å². The fourth-order valence-electron chi connectivity index (χ4n) is 1.27. The van der Waals surface area contributed by atoms with Gasteiger partial charge in [0, 0.05) is 0 Å². The van der Waals surface area contributed by atoms with E-state index >= 15 is 0 Å². The molecule has 0 radical (unpaired) electrons. The predicted octanol–water partition coefficient (Wildman–Crippen LogP) is 3.33. The van der Waals surface area contributed by atoms with Crippen LogP contribution < -0.4 is 0 Å². The van der Waals surface area contributed by atoms with Crippen LogP contribution in [0, 0.1) is 5.92 Å². The zero-order valence-electron chi connectivity index (χ0n) is 6.78. The SMILES string of the molecule is CC(Cl)C[CH2][Hg][CH2]C1CC1. The van der Waals surface area contributed by atoms with E-state index in [0.29, 0.717) is 5.38 Å². The van der Waals surface area contributed by atoms with Gasteiger partial charge in [0.2, 0.25) is 0 Å². The summed E-state index contributed by atoms with van der Waals surface area (Å²) < 4.78 is 3.24. The van der Waals surface area contributed by atoms with Gasteiger partial charge in [-0.05, 0) is 0 Å². The van der Waals surface area contributed by atoms with Gasteiger partial charge >= 0.3 is 81.5 Å². The molecule has 0 heterocycles. The molecule has 0 aromatic carbocycles. The van der Waals surface area contributed by atoms with E-state index in [1.54, 1.807) is 20.7 Å². The van der Waals surface area contributed by atoms with Gasteiger partial charge in [-0.15, -0.1) is 0 Å². The normalized spacial score (nSPS) is 20.2. The molecule has 0 aromatic rings. The van der Waals surface area contributed by atoms with Crippen molar-refractivity contribution in [3.8, 4) is 0 Å². The van der Waals surface area contributed by atoms with Gasteiger partial charge in [-0.1, -0.05) is 0 Å². The molecule has 0 aromatic heterocycles. The fourth-order valence-corrected chi connectivity index (χ4v) is 11.5. The second-order valence-electron chi connectivity index (χ2n) is 3.51. The topological polar surface area (TPSA) is 0 Å². The number of halogens is 1. The van der Waals surface area contributed by atoms with E-state index in [9.17, 15) is 0 Å². The van der Waals surface area contributed by atoms with Gasteiger partial charge < -0.3 is 0 Å². The number of hydrogen-bond acceptors (Lipinski definition) is 0. The van der Waals surface area contributed by atoms with E-state index < -0.39 is 0 Å². The van der Waals surface area contributed by atoms with Crippen LogP contribution in [0.2, 0.25) is 7.86 Å². The van der Waals surface area contributed by atoms with Crippen molar-refractivity contribution in [1.29, 1.82) is 0 Å². The van der Waals surface area contributed by atoms with Crippen LogP contribution in [0.3, 0.4) is 0 Å². The molecular weight excluding hydrogens is 332 g/mol. The molecule has 0 aliphatic heterocycles. The molecule has 0 nitrogen and oxygen atoms in total. The summed E-state index contributed by atoms with van der Waals surface area (Å²) in [5, 5.41) is 0.444. The first-order valence-electron chi connectivity index (χ1n) is 4.43. The van der Waals surface area contributed by atoms with Crippen LogP contribution in [-0.4, -0.2) is 5.38 Å². The Balaban J connectivity index is 1.76. The molecule has 0 spiro atoms. The van der Waals surface area contributed by atoms with Crippen molar-refractivity contribution in [3.63, 3.8) is 0 Å². The van der Waals surface area contributed by atoms with Crippen LogP contribution in [0.1, 0.15) is 26.2 Å². The molecule has 1 saturated carbocycles. The van der Waals surface area contributed by atoms with Crippen LogP contribution in [0.4, 0.5) is 0 Å². The first-order valence-corrected chi connectivity index (χ1v) is 12.6. The van der Waals surface area contributed by atoms with E-state index in [2.05, 4.69) is 6.92 Å². The van der Waals surface area contributed by atoms with Crippen molar-refractivity contribution in [2.45, 2.75) is 39.4 Å². The molecule has 0 N–H and O–H groups in total. The molecule has 1 unspecified atom stereocenters. The van der Waals surface area contributed by atoms with Gasteiger partial charge in [0.1, 0.15) is 0 Å². The third-order valence-electron chi connectivity index (χ3n) is 2.16. The molecular formula is C8H15ClHg. The molecule has 56 valence electrons. The fraction of sp³-hybridized carbons (Fsp3) is 1.00. The second kappa shape index (κ2) is 4.98. The zero-order chi connectivity index (χ0) is 7.40. The monoisotopic (exact) mass is 348 g/mol. The third-order valence-corrected chi connectivity index (χ3v) is 10.7. The Labute approximate surface area is 81.1 Å². The van der Waals surface area contributed by atoms with Crippen molar-refractivity contribution in [2.24, 2.45) is 5.92 Å². The zero-order valence-corrected chi connectivity index (χ0v) is 13.0. The summed E-state index contributed by atoms with van der Waals surface area (Å²) in [6.07, 6.45) is 4.41. The van der Waals surface area contributed by atoms with Crippen LogP contribution in [0.15, 0.2) is 0 Å². The standard InChI is InChI=1S/C4H8Cl.C4H7.Hg/c1-3-4(2)5;1-4-2-3-4;/h4H,1,3H2,2H3;4H,1-3H2;. The van der Waals surface area contributed by atoms with Gasteiger partial charge in [0.15, 0.2) is 0 Å². The van der Waals surface area contributed by atoms with Crippen molar-refractivity contribution < 1.29 is 24.6 Å². The Bertz CT molecular complexity index is 85.3. The third kappa shape index (κ3) is 4.95. The summed E-state index contributed by atoms with van der Waals surface area (Å²) in [6, 6.07) is 0. The Hall–Kier alpha value is 1.23. The van der Waals surface area contributed by atoms with E-state index in [0.717, 1.165) is 0 Å². The van der Waals surface area contributed by atoms with E-state index in [-0.39, 0.29) is 24.6 Å². The van der Waals surface area contributed by atoms with Gasteiger partial charge in [0.05, 0.1) is 0 Å². The molecule has 1 fully saturated rings. The summed E-state index contributed by atoms with van der Waals surface area (Å²) in [4.78, 5) is 0. The van der Waals surface area contributed by atoms with Crippen molar-refractivity contribution in [2.75, 3.05) is 0 Å². The van der Waals surface area contributed by atoms with E-state index in [4.69, 9.17) is 11.6 Å². The average Bonchev–Trinajstić information content (AvgIpc) is 2.62. The molecule has 1 aliphatic rings. The summed E-state index contributed by atoms with van der Waals surface area (Å²) >= 11 is 5.48. The van der Waals surface area contributed by atoms with Gasteiger partial charge in [-0.25, -0.2) is 0 Å². The number of rotatable bonds is 5. The average molecular weight is 347 g/mol. The molecule has 0 amide bonds. The van der Waals surface area contributed by atoms with Crippen molar-refractivity contribution >= 4 is 11.6 Å². The molecule has 0 saturated heterocycles. The number of alkyl halides is 1. The maximum absolute atomic E-state index is 5.84. The summed E-state index contributed by atoms with van der Waals surface area (Å²) in [6.45, 7) is 2.12.